The van der Waals surface area contributed by atoms with Crippen molar-refractivity contribution in [1.82, 2.24) is 39.7 Å². The predicted molar refractivity (Wildman–Crippen MR) is 113 cm³/mol. The molecule has 0 radical (unpaired) electrons. The number of aromatic nitrogens is 8. The van der Waals surface area contributed by atoms with E-state index in [1.165, 1.54) is 0 Å². The van der Waals surface area contributed by atoms with Gasteiger partial charge in [0.05, 0.1) is 28.5 Å². The molecule has 0 saturated heterocycles. The zero-order valence-corrected chi connectivity index (χ0v) is 16.7. The van der Waals surface area contributed by atoms with Gasteiger partial charge in [-0.05, 0) is 37.3 Å². The minimum atomic E-state index is 0.475. The highest BCUT2D eigenvalue weighted by molar-refractivity contribution is 6.31. The molecule has 0 aromatic carbocycles. The van der Waals surface area contributed by atoms with Gasteiger partial charge in [-0.25, -0.2) is 9.97 Å². The summed E-state index contributed by atoms with van der Waals surface area (Å²) in [5.41, 5.74) is 4.03. The molecule has 30 heavy (non-hydrogen) atoms. The number of halogens is 1. The number of anilines is 2. The molecule has 2 N–H and O–H groups in total. The number of aromatic amines is 1. The molecule has 5 aromatic heterocycles. The van der Waals surface area contributed by atoms with E-state index in [2.05, 4.69) is 40.7 Å². The maximum absolute atomic E-state index is 6.23. The summed E-state index contributed by atoms with van der Waals surface area (Å²) in [5, 5.41) is 19.3. The predicted octanol–water partition coefficient (Wildman–Crippen LogP) is 3.60. The van der Waals surface area contributed by atoms with E-state index in [9.17, 15) is 0 Å². The number of hydrogen-bond acceptors (Lipinski definition) is 7. The van der Waals surface area contributed by atoms with Crippen molar-refractivity contribution in [2.45, 2.75) is 13.3 Å². The first-order chi connectivity index (χ1) is 14.7. The van der Waals surface area contributed by atoms with Crippen LogP contribution in [0.15, 0.2) is 55.0 Å². The summed E-state index contributed by atoms with van der Waals surface area (Å²) in [6.07, 6.45) is 5.83. The number of aryl methyl sites for hydroxylation is 1. The molecule has 0 unspecified atom stereocenters. The van der Waals surface area contributed by atoms with Gasteiger partial charge in [0.25, 0.3) is 0 Å². The van der Waals surface area contributed by atoms with Gasteiger partial charge in [0, 0.05) is 30.2 Å². The Kier molecular flexibility index (Phi) is 4.56. The lowest BCUT2D eigenvalue weighted by Crippen LogP contribution is -2.00. The minimum Gasteiger partial charge on any atom is -0.309 e. The van der Waals surface area contributed by atoms with Crippen molar-refractivity contribution in [2.24, 2.45) is 0 Å². The molecule has 0 aliphatic rings. The lowest BCUT2D eigenvalue weighted by molar-refractivity contribution is 0.909. The Hall–Kier alpha value is -3.85. The molecule has 0 aliphatic heterocycles. The number of hydrogen-bond donors (Lipinski definition) is 2. The number of nitrogens with one attached hydrogen (secondary N) is 2. The van der Waals surface area contributed by atoms with E-state index in [-0.39, 0.29) is 0 Å². The second kappa shape index (κ2) is 7.53. The Morgan fingerprint density at radius 2 is 2.03 bits per heavy atom. The maximum atomic E-state index is 6.23. The highest BCUT2D eigenvalue weighted by atomic mass is 35.5. The molecule has 0 amide bonds. The van der Waals surface area contributed by atoms with Crippen molar-refractivity contribution in [1.29, 1.82) is 0 Å². The van der Waals surface area contributed by atoms with E-state index in [0.717, 1.165) is 34.3 Å². The first kappa shape index (κ1) is 18.2. The van der Waals surface area contributed by atoms with E-state index < -0.39 is 0 Å². The van der Waals surface area contributed by atoms with Gasteiger partial charge in [0.1, 0.15) is 11.6 Å². The summed E-state index contributed by atoms with van der Waals surface area (Å²) < 4.78 is 1.92. The summed E-state index contributed by atoms with van der Waals surface area (Å²) in [5.74, 6) is 1.97. The molecule has 9 nitrogen and oxygen atoms in total. The van der Waals surface area contributed by atoms with Gasteiger partial charge >= 0.3 is 0 Å². The van der Waals surface area contributed by atoms with Crippen molar-refractivity contribution in [3.63, 3.8) is 0 Å². The fraction of sp³-hybridized carbons (Fsp3) is 0.100. The second-order valence-electron chi connectivity index (χ2n) is 6.68. The quantitative estimate of drug-likeness (QED) is 0.449. The van der Waals surface area contributed by atoms with Gasteiger partial charge in [0.15, 0.2) is 5.65 Å². The third kappa shape index (κ3) is 3.58. The van der Waals surface area contributed by atoms with Crippen LogP contribution in [-0.2, 0) is 6.42 Å². The van der Waals surface area contributed by atoms with E-state index in [1.807, 2.05) is 47.9 Å². The van der Waals surface area contributed by atoms with Gasteiger partial charge in [-0.2, -0.15) is 5.10 Å². The zero-order valence-electron chi connectivity index (χ0n) is 15.9. The van der Waals surface area contributed by atoms with Crippen LogP contribution in [0.25, 0.3) is 16.9 Å². The topological polar surface area (TPSA) is 110 Å². The molecular formula is C20H16ClN9. The van der Waals surface area contributed by atoms with Crippen molar-refractivity contribution in [2.75, 3.05) is 5.32 Å². The summed E-state index contributed by atoms with van der Waals surface area (Å²) in [6, 6.07) is 11.2. The average molecular weight is 418 g/mol. The van der Waals surface area contributed by atoms with Gasteiger partial charge < -0.3 is 5.32 Å². The number of H-pyrrole nitrogens is 1. The van der Waals surface area contributed by atoms with Crippen LogP contribution in [0.5, 0.6) is 0 Å². The third-order valence-corrected chi connectivity index (χ3v) is 4.89. The Morgan fingerprint density at radius 1 is 1.10 bits per heavy atom. The van der Waals surface area contributed by atoms with Crippen molar-refractivity contribution in [3.05, 3.63) is 77.2 Å². The standard InChI is InChI=1S/C20H16ClN9/c1-12-9-17(27-26-12)25-20-23-7-4-15(24-20)13-5-8-30-18(10-13)28-29-19(30)11-16-14(21)3-2-6-22-16/h2-10H,11H2,1H3,(H2,23,24,25,26,27). The Morgan fingerprint density at radius 3 is 2.87 bits per heavy atom. The lowest BCUT2D eigenvalue weighted by Gasteiger charge is -2.06. The Balaban J connectivity index is 1.43. The van der Waals surface area contributed by atoms with Crippen LogP contribution in [0, 0.1) is 6.92 Å². The van der Waals surface area contributed by atoms with Gasteiger partial charge in [-0.15, -0.1) is 10.2 Å². The van der Waals surface area contributed by atoms with Crippen LogP contribution in [0.4, 0.5) is 11.8 Å². The summed E-state index contributed by atoms with van der Waals surface area (Å²) in [6.45, 7) is 1.91. The molecule has 5 heterocycles. The molecule has 5 rings (SSSR count). The van der Waals surface area contributed by atoms with Gasteiger partial charge in [-0.3, -0.25) is 14.5 Å². The summed E-state index contributed by atoms with van der Waals surface area (Å²) in [4.78, 5) is 13.2. The third-order valence-electron chi connectivity index (χ3n) is 4.54. The highest BCUT2D eigenvalue weighted by Gasteiger charge is 2.11. The fourth-order valence-electron chi connectivity index (χ4n) is 3.10. The summed E-state index contributed by atoms with van der Waals surface area (Å²) >= 11 is 6.23. The van der Waals surface area contributed by atoms with Gasteiger partial charge in [-0.1, -0.05) is 11.6 Å². The number of pyridine rings is 2. The fourth-order valence-corrected chi connectivity index (χ4v) is 3.29. The molecule has 148 valence electrons. The lowest BCUT2D eigenvalue weighted by atomic mass is 10.2. The van der Waals surface area contributed by atoms with Crippen LogP contribution < -0.4 is 5.32 Å². The molecule has 0 fully saturated rings. The zero-order chi connectivity index (χ0) is 20.5. The number of nitrogens with zero attached hydrogens (tertiary/aromatic N) is 7. The molecule has 0 spiro atoms. The van der Waals surface area contributed by atoms with Crippen LogP contribution >= 0.6 is 11.6 Å². The maximum Gasteiger partial charge on any atom is 0.228 e. The molecule has 0 atom stereocenters. The number of fused-ring (bicyclic) bond motifs is 1. The Bertz CT molecular complexity index is 1340. The average Bonchev–Trinajstić information content (AvgIpc) is 3.35. The van der Waals surface area contributed by atoms with E-state index in [1.54, 1.807) is 18.5 Å². The first-order valence-corrected chi connectivity index (χ1v) is 9.59. The molecule has 0 aliphatic carbocycles. The summed E-state index contributed by atoms with van der Waals surface area (Å²) in [7, 11) is 0. The Labute approximate surface area is 176 Å². The molecule has 10 heteroatoms. The first-order valence-electron chi connectivity index (χ1n) is 9.21. The van der Waals surface area contributed by atoms with E-state index >= 15 is 0 Å². The van der Waals surface area contributed by atoms with Gasteiger partial charge in [0.2, 0.25) is 5.95 Å². The van der Waals surface area contributed by atoms with Crippen molar-refractivity contribution < 1.29 is 0 Å². The minimum absolute atomic E-state index is 0.475. The van der Waals surface area contributed by atoms with E-state index in [4.69, 9.17) is 11.6 Å². The number of rotatable bonds is 5. The normalized spacial score (nSPS) is 11.1. The molecular weight excluding hydrogens is 402 g/mol. The molecule has 5 aromatic rings. The van der Waals surface area contributed by atoms with Crippen LogP contribution in [0.2, 0.25) is 5.02 Å². The largest absolute Gasteiger partial charge is 0.309 e. The second-order valence-corrected chi connectivity index (χ2v) is 7.09. The van der Waals surface area contributed by atoms with Crippen molar-refractivity contribution in [3.8, 4) is 11.3 Å². The SMILES string of the molecule is Cc1cc(Nc2nccc(-c3ccn4c(Cc5ncccc5Cl)nnc4c3)n2)[nH]n1. The highest BCUT2D eigenvalue weighted by Crippen LogP contribution is 2.22. The van der Waals surface area contributed by atoms with Crippen LogP contribution in [0.3, 0.4) is 0 Å². The van der Waals surface area contributed by atoms with Crippen LogP contribution in [-0.4, -0.2) is 39.7 Å². The smallest absolute Gasteiger partial charge is 0.228 e. The monoisotopic (exact) mass is 417 g/mol. The van der Waals surface area contributed by atoms with Crippen LogP contribution in [0.1, 0.15) is 17.2 Å². The van der Waals surface area contributed by atoms with Crippen molar-refractivity contribution >= 4 is 29.0 Å². The van der Waals surface area contributed by atoms with E-state index in [0.29, 0.717) is 23.0 Å². The molecule has 0 saturated carbocycles. The molecule has 0 bridgehead atoms.